The Hall–Kier alpha value is -1.71. The van der Waals surface area contributed by atoms with Crippen LogP contribution in [0.4, 0.5) is 4.39 Å². The van der Waals surface area contributed by atoms with Crippen molar-refractivity contribution < 1.29 is 4.39 Å². The predicted octanol–water partition coefficient (Wildman–Crippen LogP) is 3.22. The van der Waals surface area contributed by atoms with Crippen molar-refractivity contribution in [3.63, 3.8) is 0 Å². The van der Waals surface area contributed by atoms with Gasteiger partial charge in [-0.2, -0.15) is 0 Å². The van der Waals surface area contributed by atoms with Gasteiger partial charge in [-0.25, -0.2) is 4.39 Å². The molecule has 0 bridgehead atoms. The average molecular weight is 272 g/mol. The van der Waals surface area contributed by atoms with E-state index in [4.69, 9.17) is 5.73 Å². The minimum absolute atomic E-state index is 0.174. The smallest absolute Gasteiger partial charge is 0.132 e. The molecular weight excluding hydrogens is 251 g/mol. The Bertz CT molecular complexity index is 581. The molecule has 2 nitrogen and oxygen atoms in total. The summed E-state index contributed by atoms with van der Waals surface area (Å²) < 4.78 is 14.1. The van der Waals surface area contributed by atoms with E-state index in [1.165, 1.54) is 11.1 Å². The summed E-state index contributed by atoms with van der Waals surface area (Å²) in [5.74, 6) is -0.174. The van der Waals surface area contributed by atoms with Crippen molar-refractivity contribution in [2.75, 3.05) is 7.05 Å². The monoisotopic (exact) mass is 272 g/mol. The Morgan fingerprint density at radius 3 is 2.25 bits per heavy atom. The van der Waals surface area contributed by atoms with Crippen LogP contribution < -0.4 is 5.73 Å². The largest absolute Gasteiger partial charge is 0.326 e. The molecule has 0 fully saturated rings. The maximum Gasteiger partial charge on any atom is 0.132 e. The van der Waals surface area contributed by atoms with E-state index in [0.717, 1.165) is 6.54 Å². The lowest BCUT2D eigenvalue weighted by atomic mass is 10.1. The summed E-state index contributed by atoms with van der Waals surface area (Å²) in [6.45, 7) is 3.72. The van der Waals surface area contributed by atoms with Gasteiger partial charge in [-0.1, -0.05) is 42.5 Å². The highest BCUT2D eigenvalue weighted by atomic mass is 19.1. The summed E-state index contributed by atoms with van der Waals surface area (Å²) in [6.07, 6.45) is 0. The van der Waals surface area contributed by atoms with Gasteiger partial charge in [0.25, 0.3) is 0 Å². The maximum absolute atomic E-state index is 14.1. The number of nitrogens with two attached hydrogens (primary N) is 1. The third kappa shape index (κ3) is 3.44. The molecule has 0 heterocycles. The molecule has 0 radical (unpaired) electrons. The first-order valence-electron chi connectivity index (χ1n) is 6.81. The van der Waals surface area contributed by atoms with E-state index in [9.17, 15) is 4.39 Å². The SMILES string of the molecule is Cc1ccccc1CN(C)Cc1cccc(CN)c1F. The highest BCUT2D eigenvalue weighted by Gasteiger charge is 2.10. The van der Waals surface area contributed by atoms with Crippen molar-refractivity contribution in [1.29, 1.82) is 0 Å². The summed E-state index contributed by atoms with van der Waals surface area (Å²) in [4.78, 5) is 2.11. The van der Waals surface area contributed by atoms with Crippen LogP contribution in [0.3, 0.4) is 0 Å². The lowest BCUT2D eigenvalue weighted by Crippen LogP contribution is -2.19. The van der Waals surface area contributed by atoms with Crippen molar-refractivity contribution in [3.05, 3.63) is 70.5 Å². The molecule has 106 valence electrons. The van der Waals surface area contributed by atoms with Crippen molar-refractivity contribution in [3.8, 4) is 0 Å². The maximum atomic E-state index is 14.1. The summed E-state index contributed by atoms with van der Waals surface area (Å²) in [7, 11) is 2.00. The molecule has 2 N–H and O–H groups in total. The molecule has 2 aromatic carbocycles. The number of aryl methyl sites for hydroxylation is 1. The number of hydrogen-bond donors (Lipinski definition) is 1. The molecule has 0 aliphatic carbocycles. The van der Waals surface area contributed by atoms with Crippen LogP contribution in [0, 0.1) is 12.7 Å². The van der Waals surface area contributed by atoms with Gasteiger partial charge in [0.1, 0.15) is 5.82 Å². The third-order valence-corrected chi connectivity index (χ3v) is 3.52. The fourth-order valence-corrected chi connectivity index (χ4v) is 2.34. The van der Waals surface area contributed by atoms with E-state index in [1.807, 2.05) is 31.3 Å². The van der Waals surface area contributed by atoms with Gasteiger partial charge in [0, 0.05) is 30.8 Å². The van der Waals surface area contributed by atoms with Gasteiger partial charge < -0.3 is 5.73 Å². The number of rotatable bonds is 5. The molecule has 2 rings (SSSR count). The molecule has 0 aromatic heterocycles. The second kappa shape index (κ2) is 6.64. The molecule has 20 heavy (non-hydrogen) atoms. The van der Waals surface area contributed by atoms with Gasteiger partial charge in [0.05, 0.1) is 0 Å². The van der Waals surface area contributed by atoms with Crippen molar-refractivity contribution in [1.82, 2.24) is 4.90 Å². The van der Waals surface area contributed by atoms with E-state index in [1.54, 1.807) is 6.07 Å². The summed E-state index contributed by atoms with van der Waals surface area (Å²) >= 11 is 0. The summed E-state index contributed by atoms with van der Waals surface area (Å²) in [5.41, 5.74) is 9.34. The highest BCUT2D eigenvalue weighted by molar-refractivity contribution is 5.27. The molecule has 0 aliphatic heterocycles. The lowest BCUT2D eigenvalue weighted by Gasteiger charge is -2.19. The lowest BCUT2D eigenvalue weighted by molar-refractivity contribution is 0.312. The Balaban J connectivity index is 2.09. The Morgan fingerprint density at radius 2 is 1.55 bits per heavy atom. The molecule has 2 aromatic rings. The normalized spacial score (nSPS) is 11.1. The second-order valence-corrected chi connectivity index (χ2v) is 5.19. The fourth-order valence-electron chi connectivity index (χ4n) is 2.34. The second-order valence-electron chi connectivity index (χ2n) is 5.19. The van der Waals surface area contributed by atoms with Crippen LogP contribution in [-0.4, -0.2) is 11.9 Å². The first-order valence-corrected chi connectivity index (χ1v) is 6.81. The molecule has 3 heteroatoms. The van der Waals surface area contributed by atoms with E-state index in [0.29, 0.717) is 17.7 Å². The average Bonchev–Trinajstić information content (AvgIpc) is 2.44. The van der Waals surface area contributed by atoms with Crippen LogP contribution in [-0.2, 0) is 19.6 Å². The first-order chi connectivity index (χ1) is 9.61. The molecule has 0 amide bonds. The number of nitrogens with zero attached hydrogens (tertiary/aromatic N) is 1. The zero-order chi connectivity index (χ0) is 14.5. The molecule has 0 aliphatic rings. The molecule has 0 atom stereocenters. The minimum atomic E-state index is -0.174. The molecule has 0 saturated carbocycles. The van der Waals surface area contributed by atoms with Crippen LogP contribution in [0.25, 0.3) is 0 Å². The van der Waals surface area contributed by atoms with Gasteiger partial charge in [-0.15, -0.1) is 0 Å². The van der Waals surface area contributed by atoms with Gasteiger partial charge in [-0.05, 0) is 25.1 Å². The van der Waals surface area contributed by atoms with E-state index < -0.39 is 0 Å². The van der Waals surface area contributed by atoms with Crippen LogP contribution in [0.15, 0.2) is 42.5 Å². The number of hydrogen-bond acceptors (Lipinski definition) is 2. The molecular formula is C17H21FN2. The summed E-state index contributed by atoms with van der Waals surface area (Å²) in [5, 5.41) is 0. The first kappa shape index (κ1) is 14.7. The topological polar surface area (TPSA) is 29.3 Å². The summed E-state index contributed by atoms with van der Waals surface area (Å²) in [6, 6.07) is 13.7. The molecule has 0 saturated heterocycles. The zero-order valence-electron chi connectivity index (χ0n) is 12.1. The van der Waals surface area contributed by atoms with Crippen molar-refractivity contribution in [2.45, 2.75) is 26.6 Å². The van der Waals surface area contributed by atoms with Crippen molar-refractivity contribution >= 4 is 0 Å². The molecule has 0 spiro atoms. The highest BCUT2D eigenvalue weighted by Crippen LogP contribution is 2.16. The van der Waals surface area contributed by atoms with Crippen LogP contribution >= 0.6 is 0 Å². The zero-order valence-corrected chi connectivity index (χ0v) is 12.1. The van der Waals surface area contributed by atoms with Crippen molar-refractivity contribution in [2.24, 2.45) is 5.73 Å². The van der Waals surface area contributed by atoms with Gasteiger partial charge in [-0.3, -0.25) is 4.90 Å². The predicted molar refractivity (Wildman–Crippen MR) is 80.6 cm³/mol. The number of benzene rings is 2. The van der Waals surface area contributed by atoms with E-state index in [2.05, 4.69) is 24.0 Å². The van der Waals surface area contributed by atoms with Crippen LogP contribution in [0.2, 0.25) is 0 Å². The quantitative estimate of drug-likeness (QED) is 0.905. The fraction of sp³-hybridized carbons (Fsp3) is 0.294. The van der Waals surface area contributed by atoms with E-state index >= 15 is 0 Å². The van der Waals surface area contributed by atoms with Gasteiger partial charge in [0.2, 0.25) is 0 Å². The van der Waals surface area contributed by atoms with E-state index in [-0.39, 0.29) is 12.4 Å². The molecule has 0 unspecified atom stereocenters. The third-order valence-electron chi connectivity index (χ3n) is 3.52. The Labute approximate surface area is 120 Å². The van der Waals surface area contributed by atoms with Crippen LogP contribution in [0.1, 0.15) is 22.3 Å². The van der Waals surface area contributed by atoms with Gasteiger partial charge >= 0.3 is 0 Å². The van der Waals surface area contributed by atoms with Gasteiger partial charge in [0.15, 0.2) is 0 Å². The minimum Gasteiger partial charge on any atom is -0.326 e. The Morgan fingerprint density at radius 1 is 0.950 bits per heavy atom. The standard InChI is InChI=1S/C17H21FN2/c1-13-6-3-4-7-15(13)11-20(2)12-16-9-5-8-14(10-19)17(16)18/h3-9H,10-12,19H2,1-2H3. The van der Waals surface area contributed by atoms with Crippen LogP contribution in [0.5, 0.6) is 0 Å². The number of halogens is 1. The Kier molecular flexibility index (Phi) is 4.88.